The number of carbonyl (C=O) groups is 2. The van der Waals surface area contributed by atoms with Gasteiger partial charge in [0.1, 0.15) is 12.4 Å². The number of nitrogens with zero attached hydrogens (tertiary/aromatic N) is 4. The second-order valence-corrected chi connectivity index (χ2v) is 9.21. The van der Waals surface area contributed by atoms with Crippen LogP contribution in [0.1, 0.15) is 41.5 Å². The molecular formula is C25H29N5O2. The number of fused-ring (bicyclic) bond motifs is 3. The van der Waals surface area contributed by atoms with Gasteiger partial charge >= 0.3 is 0 Å². The largest absolute Gasteiger partial charge is 0.355 e. The topological polar surface area (TPSA) is 80.1 Å². The van der Waals surface area contributed by atoms with Gasteiger partial charge in [-0.3, -0.25) is 14.3 Å². The van der Waals surface area contributed by atoms with Crippen molar-refractivity contribution in [1.29, 1.82) is 0 Å². The molecule has 5 rings (SSSR count). The summed E-state index contributed by atoms with van der Waals surface area (Å²) in [7, 11) is 0. The Kier molecular flexibility index (Phi) is 5.19. The second-order valence-electron chi connectivity index (χ2n) is 9.21. The number of anilines is 1. The Morgan fingerprint density at radius 3 is 2.50 bits per heavy atom. The molecule has 0 spiro atoms. The van der Waals surface area contributed by atoms with E-state index in [0.29, 0.717) is 23.1 Å². The lowest BCUT2D eigenvalue weighted by atomic mass is 9.91. The van der Waals surface area contributed by atoms with E-state index in [2.05, 4.69) is 45.6 Å². The van der Waals surface area contributed by atoms with Crippen LogP contribution in [0.25, 0.3) is 10.8 Å². The molecule has 7 nitrogen and oxygen atoms in total. The number of rotatable bonds is 5. The lowest BCUT2D eigenvalue weighted by Crippen LogP contribution is -2.53. The molecule has 3 heterocycles. The molecule has 2 fully saturated rings. The fraction of sp³-hybridized carbons (Fsp3) is 0.440. The van der Waals surface area contributed by atoms with E-state index >= 15 is 0 Å². The third-order valence-electron chi connectivity index (χ3n) is 7.14. The first-order chi connectivity index (χ1) is 15.4. The minimum Gasteiger partial charge on any atom is -0.355 e. The maximum Gasteiger partial charge on any atom is 0.241 e. The molecule has 1 N–H and O–H groups in total. The summed E-state index contributed by atoms with van der Waals surface area (Å²) in [5, 5.41) is 10.1. The van der Waals surface area contributed by atoms with Crippen LogP contribution in [0.5, 0.6) is 0 Å². The molecule has 1 saturated carbocycles. The van der Waals surface area contributed by atoms with Crippen LogP contribution in [0, 0.1) is 25.7 Å². The number of benzene rings is 1. The van der Waals surface area contributed by atoms with E-state index in [-0.39, 0.29) is 24.3 Å². The third kappa shape index (κ3) is 3.55. The smallest absolute Gasteiger partial charge is 0.241 e. The molecule has 2 aromatic heterocycles. The van der Waals surface area contributed by atoms with Crippen LogP contribution < -0.4 is 10.2 Å². The number of carbonyl (C=O) groups excluding carboxylic acids is 2. The number of piperidine rings is 1. The normalized spacial score (nSPS) is 22.3. The first kappa shape index (κ1) is 20.7. The van der Waals surface area contributed by atoms with Crippen molar-refractivity contribution in [3.05, 3.63) is 53.5 Å². The Bertz CT molecular complexity index is 1180. The van der Waals surface area contributed by atoms with Crippen LogP contribution in [-0.2, 0) is 11.3 Å². The lowest BCUT2D eigenvalue weighted by Gasteiger charge is -2.39. The zero-order valence-electron chi connectivity index (χ0n) is 18.8. The third-order valence-corrected chi connectivity index (χ3v) is 7.14. The summed E-state index contributed by atoms with van der Waals surface area (Å²) in [5.74, 6) is 1.81. The number of hydrogen-bond acceptors (Lipinski definition) is 5. The van der Waals surface area contributed by atoms with Crippen molar-refractivity contribution in [3.8, 4) is 0 Å². The highest BCUT2D eigenvalue weighted by Crippen LogP contribution is 2.39. The second kappa shape index (κ2) is 8.04. The van der Waals surface area contributed by atoms with Crippen molar-refractivity contribution in [1.82, 2.24) is 20.1 Å². The standard InChI is InChI=1S/C25H29N5O2/c1-15-23(17(3)31)16(2)30(28-15)14-22(32)27-24-19-8-9-20(24)13-29(12-19)25-21-7-5-4-6-18(21)10-11-26-25/h4-7,10-11,19-20,24H,8-9,12-14H2,1-3H3,(H,27,32)/t19-,20+,24?. The van der Waals surface area contributed by atoms with Crippen LogP contribution in [0.2, 0.25) is 0 Å². The number of amides is 1. The number of aromatic nitrogens is 3. The minimum atomic E-state index is -0.0377. The van der Waals surface area contributed by atoms with Crippen molar-refractivity contribution >= 4 is 28.3 Å². The van der Waals surface area contributed by atoms with Crippen molar-refractivity contribution in [2.24, 2.45) is 11.8 Å². The molecular weight excluding hydrogens is 402 g/mol. The molecule has 0 radical (unpaired) electrons. The maximum absolute atomic E-state index is 12.9. The Labute approximate surface area is 187 Å². The number of Topliss-reactive ketones (excluding diaryl/α,β-unsaturated/α-hetero) is 1. The number of pyridine rings is 1. The highest BCUT2D eigenvalue weighted by molar-refractivity contribution is 5.96. The van der Waals surface area contributed by atoms with E-state index in [0.717, 1.165) is 37.4 Å². The summed E-state index contributed by atoms with van der Waals surface area (Å²) in [6, 6.07) is 10.6. The van der Waals surface area contributed by atoms with Gasteiger partial charge in [-0.2, -0.15) is 5.10 Å². The predicted molar refractivity (Wildman–Crippen MR) is 124 cm³/mol. The summed E-state index contributed by atoms with van der Waals surface area (Å²) < 4.78 is 1.65. The molecule has 2 aliphatic rings. The molecule has 166 valence electrons. The molecule has 1 aliphatic heterocycles. The summed E-state index contributed by atoms with van der Waals surface area (Å²) in [6.45, 7) is 7.15. The molecule has 2 bridgehead atoms. The van der Waals surface area contributed by atoms with Crippen LogP contribution >= 0.6 is 0 Å². The van der Waals surface area contributed by atoms with Crippen LogP contribution in [0.4, 0.5) is 5.82 Å². The highest BCUT2D eigenvalue weighted by Gasteiger charge is 2.43. The average Bonchev–Trinajstić information content (AvgIpc) is 3.16. The van der Waals surface area contributed by atoms with Gasteiger partial charge in [0, 0.05) is 36.4 Å². The van der Waals surface area contributed by atoms with E-state index < -0.39 is 0 Å². The molecule has 3 atom stereocenters. The highest BCUT2D eigenvalue weighted by atomic mass is 16.2. The molecule has 1 unspecified atom stereocenters. The molecule has 1 saturated heterocycles. The molecule has 1 aromatic carbocycles. The summed E-state index contributed by atoms with van der Waals surface area (Å²) >= 11 is 0. The van der Waals surface area contributed by atoms with Gasteiger partial charge in [0.2, 0.25) is 5.91 Å². The molecule has 3 aromatic rings. The molecule has 32 heavy (non-hydrogen) atoms. The first-order valence-electron chi connectivity index (χ1n) is 11.4. The molecule has 7 heteroatoms. The van der Waals surface area contributed by atoms with Crippen LogP contribution in [-0.4, -0.2) is 45.6 Å². The number of aryl methyl sites for hydroxylation is 1. The van der Waals surface area contributed by atoms with Crippen molar-refractivity contribution < 1.29 is 9.59 Å². The fourth-order valence-electron chi connectivity index (χ4n) is 5.71. The monoisotopic (exact) mass is 431 g/mol. The van der Waals surface area contributed by atoms with Gasteiger partial charge in [0.25, 0.3) is 0 Å². The number of hydrogen-bond donors (Lipinski definition) is 1. The van der Waals surface area contributed by atoms with Crippen LogP contribution in [0.3, 0.4) is 0 Å². The van der Waals surface area contributed by atoms with E-state index in [4.69, 9.17) is 4.98 Å². The van der Waals surface area contributed by atoms with E-state index in [9.17, 15) is 9.59 Å². The van der Waals surface area contributed by atoms with Gasteiger partial charge in [-0.25, -0.2) is 4.98 Å². The summed E-state index contributed by atoms with van der Waals surface area (Å²) in [4.78, 5) is 31.8. The maximum atomic E-state index is 12.9. The Hall–Kier alpha value is -3.22. The summed E-state index contributed by atoms with van der Waals surface area (Å²) in [6.07, 6.45) is 4.12. The van der Waals surface area contributed by atoms with Gasteiger partial charge in [0.05, 0.1) is 11.3 Å². The predicted octanol–water partition coefficient (Wildman–Crippen LogP) is 3.28. The van der Waals surface area contributed by atoms with E-state index in [1.165, 1.54) is 17.7 Å². The number of ketones is 1. The van der Waals surface area contributed by atoms with Gasteiger partial charge in [-0.1, -0.05) is 24.3 Å². The SMILES string of the molecule is CC(=O)c1c(C)nn(CC(=O)NC2[C@@H]3CC[C@H]2CN(c2nccc4ccccc24)C3)c1C. The van der Waals surface area contributed by atoms with Crippen molar-refractivity contribution in [2.75, 3.05) is 18.0 Å². The lowest BCUT2D eigenvalue weighted by molar-refractivity contribution is -0.123. The summed E-state index contributed by atoms with van der Waals surface area (Å²) in [5.41, 5.74) is 2.05. The van der Waals surface area contributed by atoms with Gasteiger partial charge < -0.3 is 10.2 Å². The zero-order chi connectivity index (χ0) is 22.4. The Balaban J connectivity index is 1.29. The fourth-order valence-corrected chi connectivity index (χ4v) is 5.71. The van der Waals surface area contributed by atoms with Crippen molar-refractivity contribution in [2.45, 2.75) is 46.2 Å². The molecule has 1 amide bonds. The van der Waals surface area contributed by atoms with Gasteiger partial charge in [-0.05, 0) is 56.9 Å². The molecule has 1 aliphatic carbocycles. The first-order valence-corrected chi connectivity index (χ1v) is 11.4. The van der Waals surface area contributed by atoms with E-state index in [1.807, 2.05) is 20.0 Å². The van der Waals surface area contributed by atoms with E-state index in [1.54, 1.807) is 4.68 Å². The average molecular weight is 432 g/mol. The Morgan fingerprint density at radius 1 is 1.09 bits per heavy atom. The zero-order valence-corrected chi connectivity index (χ0v) is 18.8. The quantitative estimate of drug-likeness (QED) is 0.627. The van der Waals surface area contributed by atoms with Gasteiger partial charge in [-0.15, -0.1) is 0 Å². The van der Waals surface area contributed by atoms with Crippen LogP contribution in [0.15, 0.2) is 36.5 Å². The minimum absolute atomic E-state index is 0.0147. The van der Waals surface area contributed by atoms with Gasteiger partial charge in [0.15, 0.2) is 5.78 Å². The number of nitrogens with one attached hydrogen (secondary N) is 1. The van der Waals surface area contributed by atoms with Crippen molar-refractivity contribution in [3.63, 3.8) is 0 Å². The Morgan fingerprint density at radius 2 is 1.81 bits per heavy atom.